The number of nitrogens with zero attached hydrogens (tertiary/aromatic N) is 1. The van der Waals surface area contributed by atoms with Gasteiger partial charge in [0, 0.05) is 13.1 Å². The molecule has 105 valence electrons. The molecule has 0 saturated heterocycles. The van der Waals surface area contributed by atoms with E-state index in [0.717, 1.165) is 12.8 Å². The summed E-state index contributed by atoms with van der Waals surface area (Å²) in [4.78, 5) is 13.8. The highest BCUT2D eigenvalue weighted by Gasteiger charge is 2.18. The minimum absolute atomic E-state index is 0.0284. The van der Waals surface area contributed by atoms with E-state index in [4.69, 9.17) is 11.5 Å². The number of hydrogen-bond donors (Lipinski definition) is 2. The molecule has 1 atom stereocenters. The number of amides is 1. The molecule has 1 aromatic carbocycles. The molecule has 0 fully saturated rings. The van der Waals surface area contributed by atoms with Crippen LogP contribution in [0.2, 0.25) is 0 Å². The molecule has 0 bridgehead atoms. The Morgan fingerprint density at radius 1 is 1.32 bits per heavy atom. The minimum Gasteiger partial charge on any atom is -0.341 e. The molecule has 0 saturated carbocycles. The first-order valence-electron chi connectivity index (χ1n) is 6.76. The molecule has 0 aliphatic carbocycles. The van der Waals surface area contributed by atoms with Gasteiger partial charge in [-0.15, -0.1) is 0 Å². The van der Waals surface area contributed by atoms with E-state index >= 15 is 0 Å². The normalized spacial score (nSPS) is 12.2. The SMILES string of the molecule is [CH2]CN(CCc1ccccc1)C(=O)[C@H](N)CCCN. The van der Waals surface area contributed by atoms with Gasteiger partial charge in [-0.1, -0.05) is 30.3 Å². The molecule has 0 aliphatic heterocycles. The number of carbonyl (C=O) groups is 1. The molecule has 19 heavy (non-hydrogen) atoms. The lowest BCUT2D eigenvalue weighted by atomic mass is 10.1. The summed E-state index contributed by atoms with van der Waals surface area (Å²) in [5.74, 6) is -0.0284. The van der Waals surface area contributed by atoms with E-state index in [-0.39, 0.29) is 5.91 Å². The Morgan fingerprint density at radius 2 is 2.00 bits per heavy atom. The average Bonchev–Trinajstić information content (AvgIpc) is 2.46. The van der Waals surface area contributed by atoms with Gasteiger partial charge in [-0.25, -0.2) is 0 Å². The van der Waals surface area contributed by atoms with E-state index in [2.05, 4.69) is 19.1 Å². The average molecular weight is 262 g/mol. The van der Waals surface area contributed by atoms with Gasteiger partial charge < -0.3 is 16.4 Å². The highest BCUT2D eigenvalue weighted by atomic mass is 16.2. The predicted octanol–water partition coefficient (Wildman–Crippen LogP) is 0.958. The maximum Gasteiger partial charge on any atom is 0.239 e. The lowest BCUT2D eigenvalue weighted by Gasteiger charge is -2.24. The highest BCUT2D eigenvalue weighted by molar-refractivity contribution is 5.81. The Hall–Kier alpha value is -1.39. The first-order chi connectivity index (χ1) is 9.19. The Kier molecular flexibility index (Phi) is 7.15. The molecular weight excluding hydrogens is 238 g/mol. The molecule has 0 spiro atoms. The standard InChI is InChI=1S/C15H24N3O/c1-2-18(15(19)14(17)9-6-11-16)12-10-13-7-4-3-5-8-13/h3-5,7-8,14H,1-2,6,9-12,16-17H2/t14-/m1/s1. The van der Waals surface area contributed by atoms with Crippen molar-refractivity contribution in [2.75, 3.05) is 19.6 Å². The maximum absolute atomic E-state index is 12.1. The molecule has 1 aromatic rings. The van der Waals surface area contributed by atoms with Crippen LogP contribution in [0.1, 0.15) is 18.4 Å². The van der Waals surface area contributed by atoms with Crippen LogP contribution in [0.3, 0.4) is 0 Å². The molecular formula is C15H24N3O. The Morgan fingerprint density at radius 3 is 2.58 bits per heavy atom. The van der Waals surface area contributed by atoms with Crippen molar-refractivity contribution >= 4 is 5.91 Å². The van der Waals surface area contributed by atoms with Crippen LogP contribution in [-0.4, -0.2) is 36.5 Å². The monoisotopic (exact) mass is 262 g/mol. The lowest BCUT2D eigenvalue weighted by molar-refractivity contribution is -0.132. The molecule has 1 amide bonds. The molecule has 0 unspecified atom stereocenters. The predicted molar refractivity (Wildman–Crippen MR) is 78.3 cm³/mol. The van der Waals surface area contributed by atoms with Gasteiger partial charge >= 0.3 is 0 Å². The van der Waals surface area contributed by atoms with E-state index in [1.165, 1.54) is 5.56 Å². The van der Waals surface area contributed by atoms with Gasteiger partial charge in [0.15, 0.2) is 0 Å². The third-order valence-corrected chi connectivity index (χ3v) is 3.13. The van der Waals surface area contributed by atoms with Gasteiger partial charge in [-0.3, -0.25) is 4.79 Å². The Balaban J connectivity index is 2.46. The van der Waals surface area contributed by atoms with Crippen LogP contribution in [0.4, 0.5) is 0 Å². The van der Waals surface area contributed by atoms with Crippen LogP contribution in [0.15, 0.2) is 30.3 Å². The molecule has 1 radical (unpaired) electrons. The summed E-state index contributed by atoms with van der Waals surface area (Å²) in [5, 5.41) is 0. The third-order valence-electron chi connectivity index (χ3n) is 3.13. The zero-order valence-electron chi connectivity index (χ0n) is 11.4. The number of rotatable bonds is 8. The first-order valence-corrected chi connectivity index (χ1v) is 6.76. The van der Waals surface area contributed by atoms with E-state index in [1.807, 2.05) is 18.2 Å². The minimum atomic E-state index is -0.457. The van der Waals surface area contributed by atoms with Crippen molar-refractivity contribution in [1.29, 1.82) is 0 Å². The van der Waals surface area contributed by atoms with E-state index in [1.54, 1.807) is 4.90 Å². The molecule has 1 rings (SSSR count). The number of hydrogen-bond acceptors (Lipinski definition) is 3. The van der Waals surface area contributed by atoms with Crippen LogP contribution in [0.25, 0.3) is 0 Å². The lowest BCUT2D eigenvalue weighted by Crippen LogP contribution is -2.44. The zero-order valence-corrected chi connectivity index (χ0v) is 11.4. The van der Waals surface area contributed by atoms with Crippen molar-refractivity contribution in [2.24, 2.45) is 11.5 Å². The highest BCUT2D eigenvalue weighted by Crippen LogP contribution is 2.04. The summed E-state index contributed by atoms with van der Waals surface area (Å²) in [6, 6.07) is 9.63. The van der Waals surface area contributed by atoms with Gasteiger partial charge in [0.05, 0.1) is 6.04 Å². The van der Waals surface area contributed by atoms with E-state index in [0.29, 0.717) is 26.1 Å². The fraction of sp³-hybridized carbons (Fsp3) is 0.467. The van der Waals surface area contributed by atoms with Crippen molar-refractivity contribution in [3.63, 3.8) is 0 Å². The van der Waals surface area contributed by atoms with Crippen molar-refractivity contribution < 1.29 is 4.79 Å². The van der Waals surface area contributed by atoms with Crippen molar-refractivity contribution in [3.05, 3.63) is 42.8 Å². The van der Waals surface area contributed by atoms with Gasteiger partial charge in [0.2, 0.25) is 5.91 Å². The summed E-state index contributed by atoms with van der Waals surface area (Å²) < 4.78 is 0. The number of carbonyl (C=O) groups excluding carboxylic acids is 1. The zero-order chi connectivity index (χ0) is 14.1. The second-order valence-corrected chi connectivity index (χ2v) is 4.60. The summed E-state index contributed by atoms with van der Waals surface area (Å²) in [6.45, 7) is 5.47. The van der Waals surface area contributed by atoms with Gasteiger partial charge in [0.25, 0.3) is 0 Å². The topological polar surface area (TPSA) is 72.3 Å². The van der Waals surface area contributed by atoms with Crippen LogP contribution < -0.4 is 11.5 Å². The van der Waals surface area contributed by atoms with Crippen LogP contribution in [0, 0.1) is 6.92 Å². The fourth-order valence-corrected chi connectivity index (χ4v) is 1.94. The molecule has 4 N–H and O–H groups in total. The smallest absolute Gasteiger partial charge is 0.239 e. The van der Waals surface area contributed by atoms with Crippen LogP contribution in [0.5, 0.6) is 0 Å². The summed E-state index contributed by atoms with van der Waals surface area (Å²) >= 11 is 0. The second-order valence-electron chi connectivity index (χ2n) is 4.60. The van der Waals surface area contributed by atoms with E-state index < -0.39 is 6.04 Å². The van der Waals surface area contributed by atoms with Gasteiger partial charge in [-0.2, -0.15) is 0 Å². The van der Waals surface area contributed by atoms with Gasteiger partial charge in [0.1, 0.15) is 0 Å². The molecule has 0 aliphatic rings. The third kappa shape index (κ3) is 5.41. The molecule has 0 aromatic heterocycles. The Bertz CT molecular complexity index is 367. The summed E-state index contributed by atoms with van der Waals surface area (Å²) in [7, 11) is 0. The first kappa shape index (κ1) is 15.7. The largest absolute Gasteiger partial charge is 0.341 e. The van der Waals surface area contributed by atoms with Crippen LogP contribution >= 0.6 is 0 Å². The quantitative estimate of drug-likeness (QED) is 0.733. The van der Waals surface area contributed by atoms with Crippen molar-refractivity contribution in [3.8, 4) is 0 Å². The van der Waals surface area contributed by atoms with Crippen LogP contribution in [-0.2, 0) is 11.2 Å². The van der Waals surface area contributed by atoms with E-state index in [9.17, 15) is 4.79 Å². The summed E-state index contributed by atoms with van der Waals surface area (Å²) in [5.41, 5.74) is 12.5. The number of nitrogens with two attached hydrogens (primary N) is 2. The second kappa shape index (κ2) is 8.67. The molecule has 4 nitrogen and oxygen atoms in total. The molecule has 0 heterocycles. The number of benzene rings is 1. The summed E-state index contributed by atoms with van der Waals surface area (Å²) in [6.07, 6.45) is 2.24. The fourth-order valence-electron chi connectivity index (χ4n) is 1.94. The maximum atomic E-state index is 12.1. The Labute approximate surface area is 115 Å². The molecule has 4 heteroatoms. The van der Waals surface area contributed by atoms with Gasteiger partial charge in [-0.05, 0) is 38.3 Å². The van der Waals surface area contributed by atoms with Crippen molar-refractivity contribution in [1.82, 2.24) is 4.90 Å². The van der Waals surface area contributed by atoms with Crippen molar-refractivity contribution in [2.45, 2.75) is 25.3 Å².